The van der Waals surface area contributed by atoms with Crippen molar-refractivity contribution in [1.29, 1.82) is 0 Å². The van der Waals surface area contributed by atoms with E-state index in [0.29, 0.717) is 29.1 Å². The van der Waals surface area contributed by atoms with E-state index in [1.807, 2.05) is 13.8 Å². The van der Waals surface area contributed by atoms with Crippen molar-refractivity contribution in [2.24, 2.45) is 5.73 Å². The maximum Gasteiger partial charge on any atom is 0.433 e. The van der Waals surface area contributed by atoms with E-state index in [1.54, 1.807) is 35.9 Å². The lowest BCUT2D eigenvalue weighted by atomic mass is 10.00. The number of nitrogens with zero attached hydrogens (tertiary/aromatic N) is 3. The van der Waals surface area contributed by atoms with E-state index in [1.165, 1.54) is 6.20 Å². The monoisotopic (exact) mass is 487 g/mol. The molecule has 3 aromatic heterocycles. The van der Waals surface area contributed by atoms with E-state index >= 15 is 0 Å². The summed E-state index contributed by atoms with van der Waals surface area (Å²) in [7, 11) is 0. The number of thiophene rings is 1. The molecular formula is C23H20F3N5O2S. The molecule has 4 aromatic rings. The number of nitrogens with one attached hydrogen (secondary N) is 1. The van der Waals surface area contributed by atoms with Crippen LogP contribution in [0.25, 0.3) is 21.3 Å². The number of aryl methyl sites for hydroxylation is 2. The summed E-state index contributed by atoms with van der Waals surface area (Å²) in [5.41, 5.74) is 6.91. The molecule has 0 aliphatic heterocycles. The lowest BCUT2D eigenvalue weighted by molar-refractivity contribution is -0.140. The van der Waals surface area contributed by atoms with Crippen LogP contribution < -0.4 is 11.1 Å². The molecule has 2 amide bonds. The van der Waals surface area contributed by atoms with Crippen molar-refractivity contribution in [1.82, 2.24) is 14.8 Å². The van der Waals surface area contributed by atoms with Gasteiger partial charge in [0.15, 0.2) is 0 Å². The Hall–Kier alpha value is -3.73. The van der Waals surface area contributed by atoms with E-state index < -0.39 is 23.7 Å². The largest absolute Gasteiger partial charge is 0.433 e. The fraction of sp³-hybridized carbons (Fsp3) is 0.217. The molecule has 4 rings (SSSR count). The Morgan fingerprint density at radius 2 is 1.85 bits per heavy atom. The Bertz CT molecular complexity index is 1420. The van der Waals surface area contributed by atoms with Crippen LogP contribution in [0.5, 0.6) is 0 Å². The molecule has 0 aliphatic rings. The number of carbonyl (C=O) groups is 2. The van der Waals surface area contributed by atoms with Crippen LogP contribution in [0, 0.1) is 13.8 Å². The van der Waals surface area contributed by atoms with Crippen LogP contribution in [0.4, 0.5) is 18.9 Å². The zero-order valence-corrected chi connectivity index (χ0v) is 19.3. The number of primary amides is 1. The van der Waals surface area contributed by atoms with Crippen molar-refractivity contribution in [2.75, 3.05) is 5.32 Å². The van der Waals surface area contributed by atoms with Crippen molar-refractivity contribution in [2.45, 2.75) is 33.5 Å². The number of carbonyl (C=O) groups excluding carboxylic acids is 2. The average molecular weight is 488 g/mol. The summed E-state index contributed by atoms with van der Waals surface area (Å²) in [6.07, 6.45) is -3.31. The fourth-order valence-electron chi connectivity index (χ4n) is 3.67. The van der Waals surface area contributed by atoms with Gasteiger partial charge in [-0.2, -0.15) is 18.3 Å². The molecule has 7 nitrogen and oxygen atoms in total. The first-order valence-corrected chi connectivity index (χ1v) is 11.1. The van der Waals surface area contributed by atoms with Gasteiger partial charge in [0.25, 0.3) is 11.8 Å². The van der Waals surface area contributed by atoms with Crippen LogP contribution in [-0.2, 0) is 12.7 Å². The Morgan fingerprint density at radius 3 is 2.41 bits per heavy atom. The highest BCUT2D eigenvalue weighted by Gasteiger charge is 2.35. The van der Waals surface area contributed by atoms with E-state index in [9.17, 15) is 22.8 Å². The Morgan fingerprint density at radius 1 is 1.18 bits per heavy atom. The van der Waals surface area contributed by atoms with Crippen molar-refractivity contribution < 1.29 is 22.8 Å². The standard InChI is InChI=1S/C23H20F3N5O2S/c1-4-31-12(3)15(10-28-31)21(33)30-18-17-14(13-7-5-11(2)6-8-13)9-16(23(24,25)26)29-22(17)34-19(18)20(27)32/h5-10H,4H2,1-3H3,(H2,27,32)(H,30,33). The van der Waals surface area contributed by atoms with Crippen LogP contribution in [0.1, 0.15) is 43.9 Å². The van der Waals surface area contributed by atoms with Crippen molar-refractivity contribution in [3.05, 3.63) is 63.9 Å². The second-order valence-corrected chi connectivity index (χ2v) is 8.68. The minimum Gasteiger partial charge on any atom is -0.365 e. The number of anilines is 1. The van der Waals surface area contributed by atoms with E-state index in [4.69, 9.17) is 5.73 Å². The second kappa shape index (κ2) is 8.56. The number of fused-ring (bicyclic) bond motifs is 1. The van der Waals surface area contributed by atoms with Gasteiger partial charge >= 0.3 is 6.18 Å². The minimum atomic E-state index is -4.71. The van der Waals surface area contributed by atoms with Gasteiger partial charge in [-0.3, -0.25) is 14.3 Å². The topological polar surface area (TPSA) is 103 Å². The molecule has 11 heteroatoms. The number of alkyl halides is 3. The number of benzene rings is 1. The van der Waals surface area contributed by atoms with Crippen LogP contribution in [0.3, 0.4) is 0 Å². The van der Waals surface area contributed by atoms with Gasteiger partial charge in [0.1, 0.15) is 15.4 Å². The van der Waals surface area contributed by atoms with Gasteiger partial charge < -0.3 is 11.1 Å². The lowest BCUT2D eigenvalue weighted by Gasteiger charge is -2.12. The maximum atomic E-state index is 13.6. The summed E-state index contributed by atoms with van der Waals surface area (Å²) in [4.78, 5) is 28.9. The van der Waals surface area contributed by atoms with Crippen LogP contribution in [-0.4, -0.2) is 26.6 Å². The first kappa shape index (κ1) is 23.4. The van der Waals surface area contributed by atoms with Crippen molar-refractivity contribution in [3.63, 3.8) is 0 Å². The lowest BCUT2D eigenvalue weighted by Crippen LogP contribution is -2.17. The summed E-state index contributed by atoms with van der Waals surface area (Å²) >= 11 is 0.704. The third kappa shape index (κ3) is 4.14. The van der Waals surface area contributed by atoms with Crippen LogP contribution in [0.15, 0.2) is 36.5 Å². The van der Waals surface area contributed by atoms with Gasteiger partial charge in [-0.05, 0) is 38.0 Å². The SMILES string of the molecule is CCn1ncc(C(=O)Nc2c(C(N)=O)sc3nc(C(F)(F)F)cc(-c4ccc(C)cc4)c23)c1C. The summed E-state index contributed by atoms with van der Waals surface area (Å²) in [5, 5.41) is 7.04. The molecule has 176 valence electrons. The van der Waals surface area contributed by atoms with E-state index in [2.05, 4.69) is 15.4 Å². The molecule has 34 heavy (non-hydrogen) atoms. The fourth-order valence-corrected chi connectivity index (χ4v) is 4.67. The Labute approximate surface area is 196 Å². The molecule has 0 fully saturated rings. The van der Waals surface area contributed by atoms with E-state index in [0.717, 1.165) is 11.6 Å². The predicted octanol–water partition coefficient (Wildman–Crippen LogP) is 5.17. The number of pyridine rings is 1. The molecular weight excluding hydrogens is 467 g/mol. The van der Waals surface area contributed by atoms with Gasteiger partial charge in [0.2, 0.25) is 0 Å². The van der Waals surface area contributed by atoms with Gasteiger partial charge in [0.05, 0.1) is 17.4 Å². The maximum absolute atomic E-state index is 13.6. The molecule has 0 radical (unpaired) electrons. The molecule has 0 aliphatic carbocycles. The molecule has 1 aromatic carbocycles. The highest BCUT2D eigenvalue weighted by Crippen LogP contribution is 2.43. The number of hydrogen-bond acceptors (Lipinski definition) is 5. The van der Waals surface area contributed by atoms with Crippen molar-refractivity contribution in [3.8, 4) is 11.1 Å². The first-order chi connectivity index (χ1) is 16.0. The van der Waals surface area contributed by atoms with E-state index in [-0.39, 0.29) is 31.9 Å². The minimum absolute atomic E-state index is 0.0259. The highest BCUT2D eigenvalue weighted by molar-refractivity contribution is 7.21. The van der Waals surface area contributed by atoms with Crippen LogP contribution in [0.2, 0.25) is 0 Å². The zero-order valence-electron chi connectivity index (χ0n) is 18.4. The zero-order chi connectivity index (χ0) is 24.8. The molecule has 0 spiro atoms. The number of halogens is 3. The number of rotatable bonds is 5. The molecule has 0 saturated heterocycles. The number of amides is 2. The summed E-state index contributed by atoms with van der Waals surface area (Å²) in [5.74, 6) is -1.45. The number of nitrogens with two attached hydrogens (primary N) is 1. The van der Waals surface area contributed by atoms with Gasteiger partial charge in [-0.25, -0.2) is 4.98 Å². The Balaban J connectivity index is 1.97. The molecule has 0 bridgehead atoms. The molecule has 0 unspecified atom stereocenters. The highest BCUT2D eigenvalue weighted by atomic mass is 32.1. The smallest absolute Gasteiger partial charge is 0.365 e. The molecule has 0 saturated carbocycles. The third-order valence-electron chi connectivity index (χ3n) is 5.42. The van der Waals surface area contributed by atoms with Crippen molar-refractivity contribution >= 4 is 39.1 Å². The first-order valence-electron chi connectivity index (χ1n) is 10.3. The van der Waals surface area contributed by atoms with Crippen LogP contribution >= 0.6 is 11.3 Å². The predicted molar refractivity (Wildman–Crippen MR) is 124 cm³/mol. The molecule has 3 N–H and O–H groups in total. The number of hydrogen-bond donors (Lipinski definition) is 2. The van der Waals surface area contributed by atoms with Gasteiger partial charge in [0, 0.05) is 17.6 Å². The Kier molecular flexibility index (Phi) is 5.90. The normalized spacial score (nSPS) is 11.7. The third-order valence-corrected chi connectivity index (χ3v) is 6.52. The summed E-state index contributed by atoms with van der Waals surface area (Å²) in [6.45, 7) is 6.00. The molecule has 3 heterocycles. The summed E-state index contributed by atoms with van der Waals surface area (Å²) < 4.78 is 42.5. The molecule has 0 atom stereocenters. The average Bonchev–Trinajstić information content (AvgIpc) is 3.33. The second-order valence-electron chi connectivity index (χ2n) is 7.68. The quantitative estimate of drug-likeness (QED) is 0.406. The summed E-state index contributed by atoms with van der Waals surface area (Å²) in [6, 6.07) is 7.79. The van der Waals surface area contributed by atoms with Gasteiger partial charge in [-0.15, -0.1) is 11.3 Å². The number of aromatic nitrogens is 3. The van der Waals surface area contributed by atoms with Gasteiger partial charge in [-0.1, -0.05) is 29.8 Å².